The summed E-state index contributed by atoms with van der Waals surface area (Å²) in [5, 5.41) is 11.8. The van der Waals surface area contributed by atoms with Crippen molar-refractivity contribution in [1.29, 1.82) is 0 Å². The lowest BCUT2D eigenvalue weighted by Crippen LogP contribution is -2.16. The second-order valence-electron chi connectivity index (χ2n) is 3.83. The molecule has 1 aromatic heterocycles. The van der Waals surface area contributed by atoms with Crippen LogP contribution >= 0.6 is 11.6 Å². The van der Waals surface area contributed by atoms with Crippen LogP contribution in [0.25, 0.3) is 0 Å². The Balaban J connectivity index is 1.63. The molecule has 5 heteroatoms. The first-order chi connectivity index (χ1) is 8.34. The Morgan fingerprint density at radius 3 is 3.06 bits per heavy atom. The summed E-state index contributed by atoms with van der Waals surface area (Å²) in [5.41, 5.74) is 1.21. The van der Waals surface area contributed by atoms with E-state index >= 15 is 0 Å². The normalized spacial score (nSPS) is 10.6. The number of hydrogen-bond donors (Lipinski definition) is 1. The van der Waals surface area contributed by atoms with Crippen LogP contribution in [0.5, 0.6) is 0 Å². The number of benzene rings is 1. The summed E-state index contributed by atoms with van der Waals surface area (Å²) in [5.74, 6) is 0. The molecule has 0 saturated carbocycles. The monoisotopic (exact) mass is 250 g/mol. The molecule has 0 spiro atoms. The quantitative estimate of drug-likeness (QED) is 0.799. The van der Waals surface area contributed by atoms with Gasteiger partial charge in [0, 0.05) is 24.3 Å². The number of aromatic nitrogens is 3. The molecule has 0 aliphatic heterocycles. The first-order valence-corrected chi connectivity index (χ1v) is 6.01. The Kier molecular flexibility index (Phi) is 4.53. The maximum Gasteiger partial charge on any atom is 0.0692 e. The molecule has 90 valence electrons. The average Bonchev–Trinajstić information content (AvgIpc) is 2.82. The molecule has 0 aliphatic rings. The van der Waals surface area contributed by atoms with Crippen LogP contribution in [0.2, 0.25) is 5.02 Å². The van der Waals surface area contributed by atoms with Crippen molar-refractivity contribution in [3.8, 4) is 0 Å². The van der Waals surface area contributed by atoms with Crippen molar-refractivity contribution in [3.05, 3.63) is 47.2 Å². The number of nitrogens with zero attached hydrogens (tertiary/aromatic N) is 3. The van der Waals surface area contributed by atoms with Gasteiger partial charge in [-0.05, 0) is 30.7 Å². The fourth-order valence-corrected chi connectivity index (χ4v) is 1.81. The molecule has 0 saturated heterocycles. The molecule has 0 atom stereocenters. The first kappa shape index (κ1) is 12.1. The molecule has 0 bridgehead atoms. The lowest BCUT2D eigenvalue weighted by atomic mass is 10.2. The molecule has 0 unspecified atom stereocenters. The topological polar surface area (TPSA) is 42.7 Å². The lowest BCUT2D eigenvalue weighted by Gasteiger charge is -2.05. The smallest absolute Gasteiger partial charge is 0.0692 e. The molecule has 2 aromatic rings. The Morgan fingerprint density at radius 1 is 1.35 bits per heavy atom. The summed E-state index contributed by atoms with van der Waals surface area (Å²) in [6, 6.07) is 7.90. The van der Waals surface area contributed by atoms with Crippen molar-refractivity contribution in [3.63, 3.8) is 0 Å². The third-order valence-corrected chi connectivity index (χ3v) is 2.67. The van der Waals surface area contributed by atoms with Crippen LogP contribution in [0, 0.1) is 0 Å². The summed E-state index contributed by atoms with van der Waals surface area (Å²) in [4.78, 5) is 0. The van der Waals surface area contributed by atoms with Gasteiger partial charge in [-0.2, -0.15) is 0 Å². The zero-order valence-electron chi connectivity index (χ0n) is 9.51. The van der Waals surface area contributed by atoms with Crippen LogP contribution < -0.4 is 5.32 Å². The molecule has 2 rings (SSSR count). The maximum absolute atomic E-state index is 5.91. The van der Waals surface area contributed by atoms with Gasteiger partial charge in [0.25, 0.3) is 0 Å². The SMILES string of the molecule is Clc1cccc(CNCCCn2ccnn2)c1. The number of rotatable bonds is 6. The van der Waals surface area contributed by atoms with Gasteiger partial charge >= 0.3 is 0 Å². The van der Waals surface area contributed by atoms with Gasteiger partial charge in [0.15, 0.2) is 0 Å². The van der Waals surface area contributed by atoms with E-state index < -0.39 is 0 Å². The third kappa shape index (κ3) is 4.17. The number of halogens is 1. The summed E-state index contributed by atoms with van der Waals surface area (Å²) in [6.07, 6.45) is 4.60. The minimum atomic E-state index is 0.784. The van der Waals surface area contributed by atoms with Crippen molar-refractivity contribution in [2.45, 2.75) is 19.5 Å². The van der Waals surface area contributed by atoms with E-state index in [-0.39, 0.29) is 0 Å². The van der Waals surface area contributed by atoms with E-state index in [2.05, 4.69) is 21.7 Å². The summed E-state index contributed by atoms with van der Waals surface area (Å²) >= 11 is 5.91. The van der Waals surface area contributed by atoms with Crippen LogP contribution in [-0.4, -0.2) is 21.5 Å². The molecule has 0 aliphatic carbocycles. The highest BCUT2D eigenvalue weighted by molar-refractivity contribution is 6.30. The molecule has 1 N–H and O–H groups in total. The molecule has 17 heavy (non-hydrogen) atoms. The highest BCUT2D eigenvalue weighted by Gasteiger charge is 1.95. The molecule has 0 amide bonds. The van der Waals surface area contributed by atoms with E-state index in [4.69, 9.17) is 11.6 Å². The van der Waals surface area contributed by atoms with E-state index in [0.29, 0.717) is 0 Å². The zero-order chi connectivity index (χ0) is 11.9. The zero-order valence-corrected chi connectivity index (χ0v) is 10.3. The molecular formula is C12H15ClN4. The van der Waals surface area contributed by atoms with Crippen LogP contribution in [0.3, 0.4) is 0 Å². The Labute approximate surface area is 106 Å². The van der Waals surface area contributed by atoms with Crippen molar-refractivity contribution in [1.82, 2.24) is 20.3 Å². The van der Waals surface area contributed by atoms with E-state index in [9.17, 15) is 0 Å². The molecule has 1 heterocycles. The summed E-state index contributed by atoms with van der Waals surface area (Å²) in [7, 11) is 0. The Bertz CT molecular complexity index is 442. The van der Waals surface area contributed by atoms with Crippen LogP contribution in [0.4, 0.5) is 0 Å². The second-order valence-corrected chi connectivity index (χ2v) is 4.26. The number of nitrogens with one attached hydrogen (secondary N) is 1. The summed E-state index contributed by atoms with van der Waals surface area (Å²) < 4.78 is 1.83. The van der Waals surface area contributed by atoms with Crippen molar-refractivity contribution in [2.75, 3.05) is 6.54 Å². The molecular weight excluding hydrogens is 236 g/mol. The third-order valence-electron chi connectivity index (χ3n) is 2.43. The standard InChI is InChI=1S/C12H15ClN4/c13-12-4-1-3-11(9-12)10-14-5-2-7-17-8-6-15-16-17/h1,3-4,6,8-9,14H,2,5,7,10H2. The average molecular weight is 251 g/mol. The Morgan fingerprint density at radius 2 is 2.29 bits per heavy atom. The Hall–Kier alpha value is -1.39. The maximum atomic E-state index is 5.91. The highest BCUT2D eigenvalue weighted by atomic mass is 35.5. The predicted molar refractivity (Wildman–Crippen MR) is 67.8 cm³/mol. The van der Waals surface area contributed by atoms with Crippen LogP contribution in [0.1, 0.15) is 12.0 Å². The van der Waals surface area contributed by atoms with E-state index in [1.807, 2.05) is 29.1 Å². The van der Waals surface area contributed by atoms with Gasteiger partial charge in [-0.1, -0.05) is 28.9 Å². The minimum absolute atomic E-state index is 0.784. The number of aryl methyl sites for hydroxylation is 1. The molecule has 4 nitrogen and oxygen atoms in total. The largest absolute Gasteiger partial charge is 0.313 e. The van der Waals surface area contributed by atoms with Gasteiger partial charge in [-0.25, -0.2) is 0 Å². The first-order valence-electron chi connectivity index (χ1n) is 5.64. The van der Waals surface area contributed by atoms with Crippen molar-refractivity contribution < 1.29 is 0 Å². The van der Waals surface area contributed by atoms with Gasteiger partial charge < -0.3 is 5.32 Å². The van der Waals surface area contributed by atoms with Crippen molar-refractivity contribution >= 4 is 11.6 Å². The fourth-order valence-electron chi connectivity index (χ4n) is 1.60. The van der Waals surface area contributed by atoms with Gasteiger partial charge in [-0.15, -0.1) is 5.10 Å². The molecule has 1 aromatic carbocycles. The lowest BCUT2D eigenvalue weighted by molar-refractivity contribution is 0.530. The van der Waals surface area contributed by atoms with Gasteiger partial charge in [0.05, 0.1) is 6.20 Å². The predicted octanol–water partition coefficient (Wildman–Crippen LogP) is 2.11. The molecule has 0 radical (unpaired) electrons. The van der Waals surface area contributed by atoms with Gasteiger partial charge in [0.1, 0.15) is 0 Å². The highest BCUT2D eigenvalue weighted by Crippen LogP contribution is 2.10. The van der Waals surface area contributed by atoms with Gasteiger partial charge in [0.2, 0.25) is 0 Å². The number of hydrogen-bond acceptors (Lipinski definition) is 3. The van der Waals surface area contributed by atoms with Gasteiger partial charge in [-0.3, -0.25) is 4.68 Å². The minimum Gasteiger partial charge on any atom is -0.313 e. The van der Waals surface area contributed by atoms with E-state index in [1.165, 1.54) is 5.56 Å². The van der Waals surface area contributed by atoms with Crippen LogP contribution in [-0.2, 0) is 13.1 Å². The van der Waals surface area contributed by atoms with Crippen LogP contribution in [0.15, 0.2) is 36.7 Å². The van der Waals surface area contributed by atoms with Crippen molar-refractivity contribution in [2.24, 2.45) is 0 Å². The fraction of sp³-hybridized carbons (Fsp3) is 0.333. The summed E-state index contributed by atoms with van der Waals surface area (Å²) in [6.45, 7) is 2.69. The second kappa shape index (κ2) is 6.37. The molecule has 0 fully saturated rings. The van der Waals surface area contributed by atoms with E-state index in [1.54, 1.807) is 6.20 Å². The van der Waals surface area contributed by atoms with E-state index in [0.717, 1.165) is 31.1 Å².